The van der Waals surface area contributed by atoms with Gasteiger partial charge in [0.15, 0.2) is 5.78 Å². The van der Waals surface area contributed by atoms with Crippen molar-refractivity contribution < 1.29 is 23.5 Å². The van der Waals surface area contributed by atoms with Crippen molar-refractivity contribution in [2.75, 3.05) is 10.6 Å². The minimum atomic E-state index is -0.733. The van der Waals surface area contributed by atoms with Gasteiger partial charge >= 0.3 is 6.09 Å². The van der Waals surface area contributed by atoms with Crippen LogP contribution in [0.5, 0.6) is 0 Å². The Morgan fingerprint density at radius 1 is 1.14 bits per heavy atom. The molecule has 0 radical (unpaired) electrons. The van der Waals surface area contributed by atoms with Crippen molar-refractivity contribution in [1.29, 1.82) is 0 Å². The number of aromatic nitrogens is 1. The molecule has 3 N–H and O–H groups in total. The summed E-state index contributed by atoms with van der Waals surface area (Å²) < 4.78 is 19.0. The van der Waals surface area contributed by atoms with E-state index in [-0.39, 0.29) is 22.9 Å². The highest BCUT2D eigenvalue weighted by molar-refractivity contribution is 6.09. The summed E-state index contributed by atoms with van der Waals surface area (Å²) in [6.07, 6.45) is -0.266. The van der Waals surface area contributed by atoms with E-state index in [2.05, 4.69) is 15.6 Å². The first-order valence-electron chi connectivity index (χ1n) is 9.26. The number of carbonyl (C=O) groups is 3. The van der Waals surface area contributed by atoms with Gasteiger partial charge in [-0.2, -0.15) is 0 Å². The van der Waals surface area contributed by atoms with E-state index in [9.17, 15) is 18.8 Å². The molecule has 0 aliphatic heterocycles. The van der Waals surface area contributed by atoms with Crippen LogP contribution in [-0.4, -0.2) is 28.4 Å². The maximum atomic E-state index is 13.8. The van der Waals surface area contributed by atoms with Crippen LogP contribution in [0, 0.1) is 12.7 Å². The Balaban J connectivity index is 2.34. The van der Waals surface area contributed by atoms with Crippen LogP contribution < -0.4 is 10.6 Å². The summed E-state index contributed by atoms with van der Waals surface area (Å²) >= 11 is 0. The Bertz CT molecular complexity index is 958. The van der Waals surface area contributed by atoms with Crippen LogP contribution in [0.15, 0.2) is 18.2 Å². The largest absolute Gasteiger partial charge is 0.444 e. The van der Waals surface area contributed by atoms with Crippen LogP contribution in [0.3, 0.4) is 0 Å². The van der Waals surface area contributed by atoms with Crippen LogP contribution >= 0.6 is 0 Å². The fourth-order valence-electron chi connectivity index (χ4n) is 3.03. The Morgan fingerprint density at radius 3 is 2.34 bits per heavy atom. The second-order valence-corrected chi connectivity index (χ2v) is 7.66. The zero-order valence-corrected chi connectivity index (χ0v) is 17.5. The molecule has 7 nitrogen and oxygen atoms in total. The molecule has 2 aromatic rings. The molecule has 0 unspecified atom stereocenters. The van der Waals surface area contributed by atoms with Gasteiger partial charge in [0.25, 0.3) is 5.91 Å². The highest BCUT2D eigenvalue weighted by Crippen LogP contribution is 2.26. The third-order valence-electron chi connectivity index (χ3n) is 4.09. The monoisotopic (exact) mass is 403 g/mol. The highest BCUT2D eigenvalue weighted by Gasteiger charge is 2.23. The van der Waals surface area contributed by atoms with E-state index >= 15 is 0 Å². The third kappa shape index (κ3) is 5.43. The number of benzene rings is 1. The van der Waals surface area contributed by atoms with Gasteiger partial charge < -0.3 is 15.0 Å². The molecule has 0 bridgehead atoms. The lowest BCUT2D eigenvalue weighted by Gasteiger charge is -2.20. The zero-order valence-electron chi connectivity index (χ0n) is 17.5. The van der Waals surface area contributed by atoms with E-state index in [1.807, 2.05) is 6.92 Å². The third-order valence-corrected chi connectivity index (χ3v) is 4.09. The van der Waals surface area contributed by atoms with Gasteiger partial charge in [-0.15, -0.1) is 0 Å². The summed E-state index contributed by atoms with van der Waals surface area (Å²) in [6.45, 7) is 10.1. The zero-order chi connectivity index (χ0) is 21.9. The number of ether oxygens (including phenoxy) is 1. The standard InChI is InChI=1S/C21H26FN3O4/c1-7-14-17(12(3)26)11(2)23-18(14)19(27)24-16-10-13(22)8-9-15(16)25-20(28)29-21(4,5)6/h8-10,23H,7H2,1-6H3,(H,24,27)(H,25,28). The number of H-pyrrole nitrogens is 1. The first kappa shape index (κ1) is 22.1. The summed E-state index contributed by atoms with van der Waals surface area (Å²) in [7, 11) is 0. The number of nitrogens with one attached hydrogen (secondary N) is 3. The number of hydrogen-bond donors (Lipinski definition) is 3. The molecule has 156 valence electrons. The maximum absolute atomic E-state index is 13.8. The number of aromatic amines is 1. The first-order chi connectivity index (χ1) is 13.4. The summed E-state index contributed by atoms with van der Waals surface area (Å²) in [4.78, 5) is 39.7. The Morgan fingerprint density at radius 2 is 1.79 bits per heavy atom. The number of halogens is 1. The summed E-state index contributed by atoms with van der Waals surface area (Å²) in [5.74, 6) is -1.28. The van der Waals surface area contributed by atoms with Crippen molar-refractivity contribution in [3.63, 3.8) is 0 Å². The molecule has 0 aliphatic rings. The fourth-order valence-corrected chi connectivity index (χ4v) is 3.03. The molecule has 0 saturated carbocycles. The Hall–Kier alpha value is -3.16. The van der Waals surface area contributed by atoms with E-state index in [0.29, 0.717) is 23.2 Å². The molecule has 0 saturated heterocycles. The summed E-state index contributed by atoms with van der Waals surface area (Å²) in [5, 5.41) is 5.11. The molecule has 1 aromatic carbocycles. The van der Waals surface area contributed by atoms with Crippen LogP contribution in [0.25, 0.3) is 0 Å². The van der Waals surface area contributed by atoms with Gasteiger partial charge in [0.2, 0.25) is 0 Å². The molecular formula is C21H26FN3O4. The average Bonchev–Trinajstić information content (AvgIpc) is 2.92. The molecule has 8 heteroatoms. The van der Waals surface area contributed by atoms with E-state index in [0.717, 1.165) is 12.1 Å². The Labute approximate surface area is 169 Å². The molecule has 1 aromatic heterocycles. The highest BCUT2D eigenvalue weighted by atomic mass is 19.1. The number of ketones is 1. The van der Waals surface area contributed by atoms with Crippen LogP contribution in [-0.2, 0) is 11.2 Å². The second-order valence-electron chi connectivity index (χ2n) is 7.66. The average molecular weight is 403 g/mol. The van der Waals surface area contributed by atoms with Crippen molar-refractivity contribution in [2.45, 2.75) is 53.6 Å². The van der Waals surface area contributed by atoms with Gasteiger partial charge in [-0.1, -0.05) is 6.92 Å². The second kappa shape index (κ2) is 8.46. The molecular weight excluding hydrogens is 377 g/mol. The molecule has 29 heavy (non-hydrogen) atoms. The lowest BCUT2D eigenvalue weighted by atomic mass is 10.0. The molecule has 0 fully saturated rings. The van der Waals surface area contributed by atoms with E-state index in [1.165, 1.54) is 13.0 Å². The lowest BCUT2D eigenvalue weighted by Crippen LogP contribution is -2.27. The van der Waals surface area contributed by atoms with Gasteiger partial charge in [0.05, 0.1) is 11.4 Å². The smallest absolute Gasteiger partial charge is 0.412 e. The molecule has 0 aliphatic carbocycles. The van der Waals surface area contributed by atoms with Crippen molar-refractivity contribution >= 4 is 29.2 Å². The number of anilines is 2. The van der Waals surface area contributed by atoms with Crippen molar-refractivity contribution in [2.24, 2.45) is 0 Å². The molecule has 0 atom stereocenters. The predicted octanol–water partition coefficient (Wildman–Crippen LogP) is 4.83. The molecule has 1 heterocycles. The minimum absolute atomic E-state index is 0.0690. The number of rotatable bonds is 5. The van der Waals surface area contributed by atoms with Crippen LogP contribution in [0.2, 0.25) is 0 Å². The van der Waals surface area contributed by atoms with Gasteiger partial charge in [0.1, 0.15) is 17.1 Å². The quantitative estimate of drug-likeness (QED) is 0.623. The number of aryl methyl sites for hydroxylation is 1. The maximum Gasteiger partial charge on any atom is 0.412 e. The van der Waals surface area contributed by atoms with Crippen LogP contribution in [0.4, 0.5) is 20.6 Å². The van der Waals surface area contributed by atoms with Gasteiger partial charge in [-0.05, 0) is 64.8 Å². The topological polar surface area (TPSA) is 100 Å². The van der Waals surface area contributed by atoms with Gasteiger partial charge in [-0.3, -0.25) is 14.9 Å². The predicted molar refractivity (Wildman–Crippen MR) is 109 cm³/mol. The first-order valence-corrected chi connectivity index (χ1v) is 9.26. The van der Waals surface area contributed by atoms with E-state index in [1.54, 1.807) is 27.7 Å². The number of Topliss-reactive ketones (excluding diaryl/α,β-unsaturated/α-hetero) is 1. The van der Waals surface area contributed by atoms with Crippen molar-refractivity contribution in [3.05, 3.63) is 46.5 Å². The number of amides is 2. The van der Waals surface area contributed by atoms with E-state index in [4.69, 9.17) is 4.74 Å². The summed E-state index contributed by atoms with van der Waals surface area (Å²) in [5.41, 5.74) is 1.42. The number of hydrogen-bond acceptors (Lipinski definition) is 4. The van der Waals surface area contributed by atoms with Gasteiger partial charge in [0, 0.05) is 11.3 Å². The summed E-state index contributed by atoms with van der Waals surface area (Å²) in [6, 6.07) is 3.58. The normalized spacial score (nSPS) is 11.1. The SMILES string of the molecule is CCc1c(C(=O)Nc2cc(F)ccc2NC(=O)OC(C)(C)C)[nH]c(C)c1C(C)=O. The number of carbonyl (C=O) groups excluding carboxylic acids is 3. The minimum Gasteiger partial charge on any atom is -0.444 e. The van der Waals surface area contributed by atoms with E-state index < -0.39 is 23.4 Å². The van der Waals surface area contributed by atoms with Crippen molar-refractivity contribution in [1.82, 2.24) is 4.98 Å². The van der Waals surface area contributed by atoms with Crippen LogP contribution in [0.1, 0.15) is 66.7 Å². The van der Waals surface area contributed by atoms with Gasteiger partial charge in [-0.25, -0.2) is 9.18 Å². The molecule has 2 rings (SSSR count). The lowest BCUT2D eigenvalue weighted by molar-refractivity contribution is 0.0635. The fraction of sp³-hybridized carbons (Fsp3) is 0.381. The van der Waals surface area contributed by atoms with Crippen molar-refractivity contribution in [3.8, 4) is 0 Å². The molecule has 0 spiro atoms. The molecule has 2 amide bonds. The Kier molecular flexibility index (Phi) is 6.46.